The number of anilines is 2. The fraction of sp³-hybridized carbons (Fsp3) is 0.727. The minimum Gasteiger partial charge on any atom is -0.484 e. The minimum absolute atomic E-state index is 0.0757. The van der Waals surface area contributed by atoms with Crippen LogP contribution in [0.15, 0.2) is 0 Å². The average Bonchev–Trinajstić information content (AvgIpc) is 2.55. The van der Waals surface area contributed by atoms with Gasteiger partial charge in [0.25, 0.3) is 0 Å². The molecule has 0 aromatic carbocycles. The molecule has 1 aromatic rings. The topological polar surface area (TPSA) is 80.4 Å². The first-order valence-electron chi connectivity index (χ1n) is 5.84. The van der Waals surface area contributed by atoms with Gasteiger partial charge in [-0.05, 0) is 45.1 Å². The molecule has 1 heterocycles. The van der Waals surface area contributed by atoms with E-state index >= 15 is 0 Å². The van der Waals surface area contributed by atoms with Crippen molar-refractivity contribution in [2.45, 2.75) is 45.8 Å². The van der Waals surface area contributed by atoms with E-state index in [4.69, 9.17) is 15.6 Å². The van der Waals surface area contributed by atoms with Crippen LogP contribution in [0.25, 0.3) is 0 Å². The van der Waals surface area contributed by atoms with E-state index in [-0.39, 0.29) is 12.2 Å². The third kappa shape index (κ3) is 4.79. The lowest BCUT2D eigenvalue weighted by Crippen LogP contribution is -2.10. The van der Waals surface area contributed by atoms with Crippen molar-refractivity contribution < 1.29 is 9.84 Å². The maximum atomic E-state index is 9.15. The molecular weight excluding hydrogens is 238 g/mol. The molecule has 1 atom stereocenters. The molecule has 5 nitrogen and oxygen atoms in total. The van der Waals surface area contributed by atoms with E-state index in [1.807, 2.05) is 13.8 Å². The summed E-state index contributed by atoms with van der Waals surface area (Å²) in [6, 6.07) is 0. The standard InChI is InChI=1S/C11H21N3O2S/c1-7(2)16-9-10(12)14-17-11(9)13-6-4-5-8(3)15/h7-8,13,15H,4-6H2,1-3H3,(H2,12,14). The molecule has 0 fully saturated rings. The predicted molar refractivity (Wildman–Crippen MR) is 71.7 cm³/mol. The first-order chi connectivity index (χ1) is 8.00. The van der Waals surface area contributed by atoms with Gasteiger partial charge in [-0.25, -0.2) is 0 Å². The number of hydrogen-bond donors (Lipinski definition) is 3. The van der Waals surface area contributed by atoms with E-state index in [1.54, 1.807) is 6.92 Å². The minimum atomic E-state index is -0.255. The summed E-state index contributed by atoms with van der Waals surface area (Å²) in [5.41, 5.74) is 5.74. The zero-order valence-electron chi connectivity index (χ0n) is 10.6. The molecule has 0 spiro atoms. The van der Waals surface area contributed by atoms with Crippen LogP contribution in [0.2, 0.25) is 0 Å². The molecule has 0 saturated heterocycles. The maximum Gasteiger partial charge on any atom is 0.197 e. The molecule has 1 aromatic heterocycles. The molecule has 1 rings (SSSR count). The number of ether oxygens (including phenoxy) is 1. The second-order valence-corrected chi connectivity index (χ2v) is 5.08. The number of rotatable bonds is 7. The number of nitrogens with two attached hydrogens (primary N) is 1. The Balaban J connectivity index is 2.47. The van der Waals surface area contributed by atoms with Gasteiger partial charge in [0.15, 0.2) is 16.6 Å². The van der Waals surface area contributed by atoms with Crippen LogP contribution in [-0.2, 0) is 0 Å². The van der Waals surface area contributed by atoms with Crippen LogP contribution in [-0.4, -0.2) is 28.2 Å². The van der Waals surface area contributed by atoms with Gasteiger partial charge >= 0.3 is 0 Å². The van der Waals surface area contributed by atoms with E-state index in [2.05, 4.69) is 9.69 Å². The van der Waals surface area contributed by atoms with Gasteiger partial charge < -0.3 is 20.9 Å². The van der Waals surface area contributed by atoms with E-state index < -0.39 is 0 Å². The van der Waals surface area contributed by atoms with Gasteiger partial charge in [0, 0.05) is 6.54 Å². The second-order valence-electron chi connectivity index (χ2n) is 4.31. The smallest absolute Gasteiger partial charge is 0.197 e. The highest BCUT2D eigenvalue weighted by Gasteiger charge is 2.13. The van der Waals surface area contributed by atoms with Crippen molar-refractivity contribution in [3.63, 3.8) is 0 Å². The summed E-state index contributed by atoms with van der Waals surface area (Å²) in [6.45, 7) is 6.47. The number of nitrogens with zero attached hydrogens (tertiary/aromatic N) is 1. The first-order valence-corrected chi connectivity index (χ1v) is 6.61. The molecule has 0 aliphatic rings. The number of aromatic nitrogens is 1. The SMILES string of the molecule is CC(O)CCCNc1snc(N)c1OC(C)C. The number of hydrogen-bond acceptors (Lipinski definition) is 6. The van der Waals surface area contributed by atoms with Crippen LogP contribution in [0.1, 0.15) is 33.6 Å². The van der Waals surface area contributed by atoms with Crippen molar-refractivity contribution in [1.82, 2.24) is 4.37 Å². The summed E-state index contributed by atoms with van der Waals surface area (Å²) in [5, 5.41) is 13.2. The molecule has 0 saturated carbocycles. The van der Waals surface area contributed by atoms with Gasteiger partial charge in [-0.3, -0.25) is 0 Å². The van der Waals surface area contributed by atoms with Crippen LogP contribution in [0.5, 0.6) is 5.75 Å². The van der Waals surface area contributed by atoms with Gasteiger partial charge in [-0.1, -0.05) is 0 Å². The molecular formula is C11H21N3O2S. The maximum absolute atomic E-state index is 9.15. The molecule has 1 unspecified atom stereocenters. The Morgan fingerprint density at radius 1 is 1.47 bits per heavy atom. The summed E-state index contributed by atoms with van der Waals surface area (Å²) in [7, 11) is 0. The Morgan fingerprint density at radius 2 is 2.18 bits per heavy atom. The number of aliphatic hydroxyl groups excluding tert-OH is 1. The fourth-order valence-electron chi connectivity index (χ4n) is 1.36. The van der Waals surface area contributed by atoms with Gasteiger partial charge in [-0.2, -0.15) is 4.37 Å². The van der Waals surface area contributed by atoms with Crippen LogP contribution in [0.4, 0.5) is 10.8 Å². The number of nitrogen functional groups attached to an aromatic ring is 1. The molecule has 0 aliphatic heterocycles. The Bertz CT molecular complexity index is 339. The number of nitrogens with one attached hydrogen (secondary N) is 1. The largest absolute Gasteiger partial charge is 0.484 e. The van der Waals surface area contributed by atoms with Crippen LogP contribution in [0.3, 0.4) is 0 Å². The fourth-order valence-corrected chi connectivity index (χ4v) is 2.03. The third-order valence-electron chi connectivity index (χ3n) is 2.11. The highest BCUT2D eigenvalue weighted by Crippen LogP contribution is 2.35. The molecule has 0 radical (unpaired) electrons. The highest BCUT2D eigenvalue weighted by atomic mass is 32.1. The molecule has 0 aliphatic carbocycles. The van der Waals surface area contributed by atoms with Gasteiger partial charge in [0.1, 0.15) is 0 Å². The number of aliphatic hydroxyl groups is 1. The molecule has 0 amide bonds. The summed E-state index contributed by atoms with van der Waals surface area (Å²) >= 11 is 1.30. The molecule has 17 heavy (non-hydrogen) atoms. The van der Waals surface area contributed by atoms with Crippen molar-refractivity contribution in [2.24, 2.45) is 0 Å². The van der Waals surface area contributed by atoms with E-state index in [9.17, 15) is 0 Å². The van der Waals surface area contributed by atoms with Crippen molar-refractivity contribution >= 4 is 22.4 Å². The Kier molecular flexibility index (Phi) is 5.50. The molecule has 0 bridgehead atoms. The Labute approximate surface area is 106 Å². The van der Waals surface area contributed by atoms with Crippen molar-refractivity contribution in [1.29, 1.82) is 0 Å². The lowest BCUT2D eigenvalue weighted by atomic mass is 10.2. The molecule has 98 valence electrons. The van der Waals surface area contributed by atoms with Gasteiger partial charge in [0.2, 0.25) is 0 Å². The average molecular weight is 259 g/mol. The summed E-state index contributed by atoms with van der Waals surface area (Å²) in [6.07, 6.45) is 1.50. The van der Waals surface area contributed by atoms with Crippen LogP contribution < -0.4 is 15.8 Å². The monoisotopic (exact) mass is 259 g/mol. The molecule has 4 N–H and O–H groups in total. The zero-order valence-corrected chi connectivity index (χ0v) is 11.4. The van der Waals surface area contributed by atoms with Gasteiger partial charge in [-0.15, -0.1) is 0 Å². The van der Waals surface area contributed by atoms with E-state index in [0.29, 0.717) is 11.6 Å². The van der Waals surface area contributed by atoms with E-state index in [1.165, 1.54) is 11.5 Å². The van der Waals surface area contributed by atoms with Gasteiger partial charge in [0.05, 0.1) is 12.2 Å². The van der Waals surface area contributed by atoms with Crippen LogP contribution in [0, 0.1) is 0 Å². The first kappa shape index (κ1) is 14.1. The summed E-state index contributed by atoms with van der Waals surface area (Å²) in [5.74, 6) is 1.07. The summed E-state index contributed by atoms with van der Waals surface area (Å²) < 4.78 is 9.67. The van der Waals surface area contributed by atoms with Crippen molar-refractivity contribution in [3.8, 4) is 5.75 Å². The zero-order chi connectivity index (χ0) is 12.8. The second kappa shape index (κ2) is 6.66. The molecule has 6 heteroatoms. The Morgan fingerprint density at radius 3 is 2.76 bits per heavy atom. The van der Waals surface area contributed by atoms with Crippen molar-refractivity contribution in [2.75, 3.05) is 17.6 Å². The Hall–Kier alpha value is -1.01. The lowest BCUT2D eigenvalue weighted by Gasteiger charge is -2.11. The predicted octanol–water partition coefficient (Wildman–Crippen LogP) is 2.09. The lowest BCUT2D eigenvalue weighted by molar-refractivity contribution is 0.183. The normalized spacial score (nSPS) is 12.8. The third-order valence-corrected chi connectivity index (χ3v) is 2.91. The van der Waals surface area contributed by atoms with E-state index in [0.717, 1.165) is 24.4 Å². The quantitative estimate of drug-likeness (QED) is 0.653. The van der Waals surface area contributed by atoms with Crippen LogP contribution >= 0.6 is 11.5 Å². The summed E-state index contributed by atoms with van der Waals surface area (Å²) in [4.78, 5) is 0. The highest BCUT2D eigenvalue weighted by molar-refractivity contribution is 7.11. The van der Waals surface area contributed by atoms with Crippen molar-refractivity contribution in [3.05, 3.63) is 0 Å².